The Balaban J connectivity index is 1.91. The Morgan fingerprint density at radius 2 is 1.62 bits per heavy atom. The molecule has 1 N–H and O–H groups in total. The highest BCUT2D eigenvalue weighted by Crippen LogP contribution is 2.33. The molecule has 0 unspecified atom stereocenters. The van der Waals surface area contributed by atoms with Crippen LogP contribution >= 0.6 is 11.8 Å². The fourth-order valence-corrected chi connectivity index (χ4v) is 3.61. The van der Waals surface area contributed by atoms with Crippen LogP contribution in [0.1, 0.15) is 27.0 Å². The highest BCUT2D eigenvalue weighted by molar-refractivity contribution is 7.99. The van der Waals surface area contributed by atoms with Gasteiger partial charge in [-0.15, -0.1) is 0 Å². The molecule has 0 aliphatic rings. The highest BCUT2D eigenvalue weighted by atomic mass is 32.2. The van der Waals surface area contributed by atoms with Gasteiger partial charge in [0.1, 0.15) is 6.07 Å². The van der Waals surface area contributed by atoms with Crippen LogP contribution in [-0.4, -0.2) is 5.91 Å². The van der Waals surface area contributed by atoms with E-state index in [9.17, 15) is 10.1 Å². The van der Waals surface area contributed by atoms with Gasteiger partial charge in [-0.05, 0) is 55.3 Å². The number of hydrogen-bond donors (Lipinski definition) is 1. The monoisotopic (exact) mass is 358 g/mol. The van der Waals surface area contributed by atoms with Crippen LogP contribution in [0.25, 0.3) is 0 Å². The summed E-state index contributed by atoms with van der Waals surface area (Å²) < 4.78 is 0. The first-order chi connectivity index (χ1) is 12.6. The van der Waals surface area contributed by atoms with Crippen LogP contribution in [0, 0.1) is 25.2 Å². The van der Waals surface area contributed by atoms with Crippen molar-refractivity contribution in [2.45, 2.75) is 23.6 Å². The van der Waals surface area contributed by atoms with Crippen LogP contribution in [0.2, 0.25) is 0 Å². The second-order valence-electron chi connectivity index (χ2n) is 5.91. The van der Waals surface area contributed by atoms with Gasteiger partial charge in [-0.3, -0.25) is 4.79 Å². The number of nitrogens with zero attached hydrogens (tertiary/aromatic N) is 1. The van der Waals surface area contributed by atoms with Crippen molar-refractivity contribution in [1.82, 2.24) is 0 Å². The summed E-state index contributed by atoms with van der Waals surface area (Å²) in [5, 5.41) is 12.3. The zero-order valence-corrected chi connectivity index (χ0v) is 15.4. The maximum absolute atomic E-state index is 12.9. The third-order valence-corrected chi connectivity index (χ3v) is 5.36. The molecule has 0 spiro atoms. The van der Waals surface area contributed by atoms with E-state index in [2.05, 4.69) is 11.4 Å². The van der Waals surface area contributed by atoms with Crippen LogP contribution in [0.5, 0.6) is 0 Å². The summed E-state index contributed by atoms with van der Waals surface area (Å²) in [6.07, 6.45) is 0. The molecular weight excluding hydrogens is 340 g/mol. The third kappa shape index (κ3) is 3.79. The van der Waals surface area contributed by atoms with E-state index in [1.807, 2.05) is 68.4 Å². The number of nitrogens with one attached hydrogen (secondary N) is 1. The van der Waals surface area contributed by atoms with Gasteiger partial charge in [0.15, 0.2) is 0 Å². The number of hydrogen-bond acceptors (Lipinski definition) is 3. The van der Waals surface area contributed by atoms with Crippen LogP contribution in [-0.2, 0) is 0 Å². The summed E-state index contributed by atoms with van der Waals surface area (Å²) in [6.45, 7) is 4.02. The van der Waals surface area contributed by atoms with E-state index in [4.69, 9.17) is 0 Å². The SMILES string of the molecule is Cc1cccc(NC(=O)c2ccccc2Sc2ccccc2C#N)c1C. The van der Waals surface area contributed by atoms with Crippen molar-refractivity contribution in [2.24, 2.45) is 0 Å². The second kappa shape index (κ2) is 7.90. The van der Waals surface area contributed by atoms with Crippen molar-refractivity contribution in [3.05, 3.63) is 89.0 Å². The Labute approximate surface area is 157 Å². The van der Waals surface area contributed by atoms with E-state index in [-0.39, 0.29) is 5.91 Å². The molecule has 3 rings (SSSR count). The van der Waals surface area contributed by atoms with E-state index >= 15 is 0 Å². The Morgan fingerprint density at radius 1 is 0.923 bits per heavy atom. The fourth-order valence-electron chi connectivity index (χ4n) is 2.59. The van der Waals surface area contributed by atoms with Crippen molar-refractivity contribution in [3.63, 3.8) is 0 Å². The Hall–Kier alpha value is -3.03. The number of aryl methyl sites for hydroxylation is 1. The van der Waals surface area contributed by atoms with Crippen molar-refractivity contribution >= 4 is 23.4 Å². The van der Waals surface area contributed by atoms with Gasteiger partial charge in [-0.1, -0.05) is 48.2 Å². The standard InChI is InChI=1S/C22H18N2OS/c1-15-8-7-11-19(16(15)2)24-22(25)18-10-4-6-13-21(18)26-20-12-5-3-9-17(20)14-23/h3-13H,1-2H3,(H,24,25). The van der Waals surface area contributed by atoms with E-state index in [1.54, 1.807) is 12.1 Å². The molecule has 0 heterocycles. The van der Waals surface area contributed by atoms with E-state index in [0.717, 1.165) is 26.6 Å². The van der Waals surface area contributed by atoms with Crippen molar-refractivity contribution in [1.29, 1.82) is 5.26 Å². The minimum Gasteiger partial charge on any atom is -0.322 e. The lowest BCUT2D eigenvalue weighted by Gasteiger charge is -2.13. The topological polar surface area (TPSA) is 52.9 Å². The molecule has 3 nitrogen and oxygen atoms in total. The fraction of sp³-hybridized carbons (Fsp3) is 0.0909. The number of amides is 1. The summed E-state index contributed by atoms with van der Waals surface area (Å²) in [5.74, 6) is -0.156. The average Bonchev–Trinajstić information content (AvgIpc) is 2.66. The minimum absolute atomic E-state index is 0.156. The number of benzene rings is 3. The summed E-state index contributed by atoms with van der Waals surface area (Å²) in [7, 11) is 0. The molecule has 128 valence electrons. The predicted octanol–water partition coefficient (Wildman–Crippen LogP) is 5.58. The largest absolute Gasteiger partial charge is 0.322 e. The van der Waals surface area contributed by atoms with Crippen LogP contribution in [0.4, 0.5) is 5.69 Å². The first kappa shape index (κ1) is 17.8. The Kier molecular flexibility index (Phi) is 5.40. The van der Waals surface area contributed by atoms with E-state index in [1.165, 1.54) is 11.8 Å². The quantitative estimate of drug-likeness (QED) is 0.662. The maximum Gasteiger partial charge on any atom is 0.256 e. The Morgan fingerprint density at radius 3 is 2.38 bits per heavy atom. The average molecular weight is 358 g/mol. The maximum atomic E-state index is 12.9. The summed E-state index contributed by atoms with van der Waals surface area (Å²) in [6, 6.07) is 22.9. The second-order valence-corrected chi connectivity index (χ2v) is 6.99. The highest BCUT2D eigenvalue weighted by Gasteiger charge is 2.14. The van der Waals surface area contributed by atoms with Crippen LogP contribution in [0.3, 0.4) is 0 Å². The van der Waals surface area contributed by atoms with Crippen molar-refractivity contribution in [3.8, 4) is 6.07 Å². The van der Waals surface area contributed by atoms with Crippen molar-refractivity contribution < 1.29 is 4.79 Å². The smallest absolute Gasteiger partial charge is 0.256 e. The molecule has 3 aromatic carbocycles. The third-order valence-electron chi connectivity index (χ3n) is 4.21. The lowest BCUT2D eigenvalue weighted by molar-refractivity contribution is 0.102. The lowest BCUT2D eigenvalue weighted by Crippen LogP contribution is -2.14. The Bertz CT molecular complexity index is 1010. The molecule has 0 saturated heterocycles. The predicted molar refractivity (Wildman–Crippen MR) is 106 cm³/mol. The molecule has 0 aliphatic carbocycles. The van der Waals surface area contributed by atoms with Gasteiger partial charge in [-0.2, -0.15) is 5.26 Å². The van der Waals surface area contributed by atoms with Gasteiger partial charge in [0.2, 0.25) is 0 Å². The summed E-state index contributed by atoms with van der Waals surface area (Å²) in [5.41, 5.74) is 4.19. The zero-order valence-electron chi connectivity index (χ0n) is 14.6. The van der Waals surface area contributed by atoms with Gasteiger partial charge in [0.05, 0.1) is 11.1 Å². The molecule has 0 aliphatic heterocycles. The summed E-state index contributed by atoms with van der Waals surface area (Å²) >= 11 is 1.43. The molecule has 0 bridgehead atoms. The lowest BCUT2D eigenvalue weighted by atomic mass is 10.1. The van der Waals surface area contributed by atoms with E-state index < -0.39 is 0 Å². The molecule has 0 fully saturated rings. The minimum atomic E-state index is -0.156. The number of carbonyl (C=O) groups is 1. The molecule has 0 atom stereocenters. The molecule has 1 amide bonds. The van der Waals surface area contributed by atoms with Crippen LogP contribution in [0.15, 0.2) is 76.5 Å². The molecule has 3 aromatic rings. The first-order valence-corrected chi connectivity index (χ1v) is 9.05. The van der Waals surface area contributed by atoms with Gasteiger partial charge in [-0.25, -0.2) is 0 Å². The number of anilines is 1. The number of carbonyl (C=O) groups excluding carboxylic acids is 1. The number of rotatable bonds is 4. The van der Waals surface area contributed by atoms with Gasteiger partial charge in [0.25, 0.3) is 5.91 Å². The van der Waals surface area contributed by atoms with Gasteiger partial charge >= 0.3 is 0 Å². The first-order valence-electron chi connectivity index (χ1n) is 8.23. The zero-order chi connectivity index (χ0) is 18.5. The normalized spacial score (nSPS) is 10.2. The van der Waals surface area contributed by atoms with Crippen LogP contribution < -0.4 is 5.32 Å². The summed E-state index contributed by atoms with van der Waals surface area (Å²) in [4.78, 5) is 14.5. The van der Waals surface area contributed by atoms with Crippen molar-refractivity contribution in [2.75, 3.05) is 5.32 Å². The molecule has 0 aromatic heterocycles. The van der Waals surface area contributed by atoms with Gasteiger partial charge < -0.3 is 5.32 Å². The molecular formula is C22H18N2OS. The molecule has 26 heavy (non-hydrogen) atoms. The van der Waals surface area contributed by atoms with Gasteiger partial charge in [0, 0.05) is 15.5 Å². The molecule has 0 radical (unpaired) electrons. The van der Waals surface area contributed by atoms with E-state index in [0.29, 0.717) is 11.1 Å². The number of nitriles is 1. The molecule has 4 heteroatoms. The molecule has 0 saturated carbocycles.